The minimum absolute atomic E-state index is 0.269. The average molecular weight is 309 g/mol. The monoisotopic (exact) mass is 309 g/mol. The molecule has 0 aliphatic heterocycles. The van der Waals surface area contributed by atoms with Crippen molar-refractivity contribution in [2.45, 2.75) is 32.2 Å². The first-order valence-corrected chi connectivity index (χ1v) is 8.05. The smallest absolute Gasteiger partial charge is 0.193 e. The summed E-state index contributed by atoms with van der Waals surface area (Å²) in [5, 5.41) is 3.16. The second-order valence-electron chi connectivity index (χ2n) is 5.92. The van der Waals surface area contributed by atoms with Crippen LogP contribution in [0.1, 0.15) is 30.4 Å². The summed E-state index contributed by atoms with van der Waals surface area (Å²) in [6.45, 7) is 4.74. The molecule has 3 N–H and O–H groups in total. The minimum atomic E-state index is 0.269. The van der Waals surface area contributed by atoms with Crippen molar-refractivity contribution in [1.29, 1.82) is 0 Å². The van der Waals surface area contributed by atoms with Gasteiger partial charge in [-0.2, -0.15) is 0 Å². The Morgan fingerprint density at radius 1 is 1.26 bits per heavy atom. The third-order valence-corrected chi connectivity index (χ3v) is 3.97. The largest absolute Gasteiger partial charge is 0.494 e. The molecule has 0 radical (unpaired) electrons. The van der Waals surface area contributed by atoms with Crippen molar-refractivity contribution in [3.8, 4) is 5.75 Å². The van der Waals surface area contributed by atoms with Gasteiger partial charge in [0, 0.05) is 11.6 Å². The first kappa shape index (κ1) is 15.4. The van der Waals surface area contributed by atoms with E-state index in [0.29, 0.717) is 18.5 Å². The molecule has 1 fully saturated rings. The Hall–Kier alpha value is -2.49. The maximum absolute atomic E-state index is 6.02. The number of aliphatic imine (C=N–C) groups is 1. The molecule has 2 aromatic carbocycles. The van der Waals surface area contributed by atoms with Gasteiger partial charge in [-0.1, -0.05) is 24.3 Å². The predicted octanol–water partition coefficient (Wildman–Crippen LogP) is 3.68. The molecule has 120 valence electrons. The first-order valence-electron chi connectivity index (χ1n) is 8.05. The first-order chi connectivity index (χ1) is 11.2. The van der Waals surface area contributed by atoms with Crippen molar-refractivity contribution in [3.63, 3.8) is 0 Å². The molecular weight excluding hydrogens is 286 g/mol. The summed E-state index contributed by atoms with van der Waals surface area (Å²) in [5.41, 5.74) is 9.49. The lowest BCUT2D eigenvalue weighted by Gasteiger charge is -2.06. The molecule has 0 saturated heterocycles. The molecule has 4 heteroatoms. The number of rotatable bonds is 5. The highest BCUT2D eigenvalue weighted by Crippen LogP contribution is 2.43. The Morgan fingerprint density at radius 3 is 2.74 bits per heavy atom. The second kappa shape index (κ2) is 6.73. The molecule has 0 bridgehead atoms. The fraction of sp³-hybridized carbons (Fsp3) is 0.316. The van der Waals surface area contributed by atoms with E-state index in [2.05, 4.69) is 41.5 Å². The molecule has 0 spiro atoms. The molecule has 0 heterocycles. The highest BCUT2D eigenvalue weighted by molar-refractivity contribution is 5.92. The number of hydrogen-bond acceptors (Lipinski definition) is 2. The van der Waals surface area contributed by atoms with Crippen LogP contribution in [-0.2, 0) is 0 Å². The topological polar surface area (TPSA) is 59.6 Å². The molecule has 0 amide bonds. The van der Waals surface area contributed by atoms with Crippen LogP contribution in [0.25, 0.3) is 0 Å². The van der Waals surface area contributed by atoms with E-state index in [4.69, 9.17) is 10.5 Å². The summed E-state index contributed by atoms with van der Waals surface area (Å²) in [5.74, 6) is 1.86. The van der Waals surface area contributed by atoms with Gasteiger partial charge in [0.05, 0.1) is 12.6 Å². The summed E-state index contributed by atoms with van der Waals surface area (Å²) in [6.07, 6.45) is 1.05. The molecule has 4 nitrogen and oxygen atoms in total. The average Bonchev–Trinajstić information content (AvgIpc) is 3.27. The standard InChI is InChI=1S/C19H23N3O/c1-3-23-16-9-7-14(8-10-16)17-12-18(17)22-19(20)21-15-6-4-5-13(2)11-15/h4-11,17-18H,3,12H2,1-2H3,(H3,20,21,22)/t17-,18+/m0/s1. The number of guanidine groups is 1. The van der Waals surface area contributed by atoms with E-state index in [-0.39, 0.29) is 6.04 Å². The highest BCUT2D eigenvalue weighted by Gasteiger charge is 2.38. The Bertz CT molecular complexity index is 694. The molecular formula is C19H23N3O. The van der Waals surface area contributed by atoms with E-state index in [1.165, 1.54) is 11.1 Å². The molecule has 2 aromatic rings. The zero-order valence-electron chi connectivity index (χ0n) is 13.6. The Kier molecular flexibility index (Phi) is 4.51. The molecule has 23 heavy (non-hydrogen) atoms. The maximum Gasteiger partial charge on any atom is 0.193 e. The van der Waals surface area contributed by atoms with Crippen molar-refractivity contribution in [3.05, 3.63) is 59.7 Å². The van der Waals surface area contributed by atoms with Crippen LogP contribution >= 0.6 is 0 Å². The summed E-state index contributed by atoms with van der Waals surface area (Å²) in [6, 6.07) is 16.7. The number of aryl methyl sites for hydroxylation is 1. The van der Waals surface area contributed by atoms with Gasteiger partial charge in [0.15, 0.2) is 5.96 Å². The lowest BCUT2D eigenvalue weighted by atomic mass is 10.1. The Balaban J connectivity index is 1.59. The zero-order valence-corrected chi connectivity index (χ0v) is 13.6. The Labute approximate surface area is 137 Å². The quantitative estimate of drug-likeness (QED) is 0.654. The van der Waals surface area contributed by atoms with Crippen molar-refractivity contribution < 1.29 is 4.74 Å². The van der Waals surface area contributed by atoms with Crippen LogP contribution in [0.2, 0.25) is 0 Å². The molecule has 3 rings (SSSR count). The van der Waals surface area contributed by atoms with E-state index < -0.39 is 0 Å². The number of ether oxygens (including phenoxy) is 1. The number of nitrogens with zero attached hydrogens (tertiary/aromatic N) is 1. The van der Waals surface area contributed by atoms with Gasteiger partial charge in [-0.05, 0) is 55.7 Å². The van der Waals surface area contributed by atoms with E-state index in [1.807, 2.05) is 31.2 Å². The van der Waals surface area contributed by atoms with Gasteiger partial charge in [-0.25, -0.2) is 4.99 Å². The number of nitrogens with two attached hydrogens (primary N) is 1. The molecule has 2 atom stereocenters. The number of nitrogens with one attached hydrogen (secondary N) is 1. The maximum atomic E-state index is 6.02. The van der Waals surface area contributed by atoms with E-state index in [1.54, 1.807) is 0 Å². The van der Waals surface area contributed by atoms with E-state index in [9.17, 15) is 0 Å². The number of anilines is 1. The van der Waals surface area contributed by atoms with Crippen LogP contribution in [0.5, 0.6) is 5.75 Å². The fourth-order valence-electron chi connectivity index (χ4n) is 2.74. The van der Waals surface area contributed by atoms with Crippen LogP contribution in [-0.4, -0.2) is 18.6 Å². The van der Waals surface area contributed by atoms with Crippen molar-refractivity contribution >= 4 is 11.6 Å². The van der Waals surface area contributed by atoms with Gasteiger partial charge < -0.3 is 15.8 Å². The van der Waals surface area contributed by atoms with Gasteiger partial charge in [-0.3, -0.25) is 0 Å². The van der Waals surface area contributed by atoms with Gasteiger partial charge in [0.25, 0.3) is 0 Å². The third-order valence-electron chi connectivity index (χ3n) is 3.97. The van der Waals surface area contributed by atoms with Gasteiger partial charge >= 0.3 is 0 Å². The minimum Gasteiger partial charge on any atom is -0.494 e. The van der Waals surface area contributed by atoms with Crippen LogP contribution in [0.3, 0.4) is 0 Å². The normalized spacial score (nSPS) is 20.2. The summed E-state index contributed by atoms with van der Waals surface area (Å²) < 4.78 is 5.47. The van der Waals surface area contributed by atoms with Crippen molar-refractivity contribution in [2.75, 3.05) is 11.9 Å². The van der Waals surface area contributed by atoms with Crippen molar-refractivity contribution in [1.82, 2.24) is 0 Å². The van der Waals surface area contributed by atoms with Crippen LogP contribution in [0.15, 0.2) is 53.5 Å². The number of hydrogen-bond donors (Lipinski definition) is 2. The van der Waals surface area contributed by atoms with Gasteiger partial charge in [-0.15, -0.1) is 0 Å². The third kappa shape index (κ3) is 4.03. The van der Waals surface area contributed by atoms with Crippen LogP contribution in [0, 0.1) is 6.92 Å². The van der Waals surface area contributed by atoms with E-state index >= 15 is 0 Å². The van der Waals surface area contributed by atoms with E-state index in [0.717, 1.165) is 17.9 Å². The van der Waals surface area contributed by atoms with Crippen LogP contribution in [0.4, 0.5) is 5.69 Å². The summed E-state index contributed by atoms with van der Waals surface area (Å²) in [4.78, 5) is 4.58. The molecule has 1 saturated carbocycles. The lowest BCUT2D eigenvalue weighted by Crippen LogP contribution is -2.23. The molecule has 0 unspecified atom stereocenters. The fourth-order valence-corrected chi connectivity index (χ4v) is 2.74. The predicted molar refractivity (Wildman–Crippen MR) is 95.2 cm³/mol. The molecule has 1 aliphatic rings. The lowest BCUT2D eigenvalue weighted by molar-refractivity contribution is 0.340. The summed E-state index contributed by atoms with van der Waals surface area (Å²) >= 11 is 0. The van der Waals surface area contributed by atoms with Gasteiger partial charge in [0.1, 0.15) is 5.75 Å². The SMILES string of the molecule is CCOc1ccc([C@@H]2C[C@H]2N=C(N)Nc2cccc(C)c2)cc1. The molecule has 1 aliphatic carbocycles. The summed E-state index contributed by atoms with van der Waals surface area (Å²) in [7, 11) is 0. The van der Waals surface area contributed by atoms with Crippen LogP contribution < -0.4 is 15.8 Å². The zero-order chi connectivity index (χ0) is 16.2. The molecule has 0 aromatic heterocycles. The number of benzene rings is 2. The second-order valence-corrected chi connectivity index (χ2v) is 5.92. The van der Waals surface area contributed by atoms with Gasteiger partial charge in [0.2, 0.25) is 0 Å². The Morgan fingerprint density at radius 2 is 2.04 bits per heavy atom. The highest BCUT2D eigenvalue weighted by atomic mass is 16.5. The van der Waals surface area contributed by atoms with Crippen molar-refractivity contribution in [2.24, 2.45) is 10.7 Å².